The molecule has 1 atom stereocenters. The van der Waals surface area contributed by atoms with Crippen molar-refractivity contribution in [2.75, 3.05) is 13.2 Å². The first-order valence-corrected chi connectivity index (χ1v) is 10.3. The third kappa shape index (κ3) is 6.68. The lowest BCUT2D eigenvalue weighted by atomic mass is 10.1. The molecule has 0 bridgehead atoms. The Hall–Kier alpha value is -3.65. The number of halogens is 1. The van der Waals surface area contributed by atoms with Gasteiger partial charge in [-0.3, -0.25) is 9.59 Å². The molecule has 8 nitrogen and oxygen atoms in total. The number of hydrogen-bond donors (Lipinski definition) is 1. The van der Waals surface area contributed by atoms with Crippen molar-refractivity contribution >= 4 is 23.5 Å². The number of aromatic nitrogens is 2. The zero-order chi connectivity index (χ0) is 22.9. The number of ether oxygens (including phenoxy) is 2. The van der Waals surface area contributed by atoms with Crippen LogP contribution in [-0.4, -0.2) is 34.9 Å². The van der Waals surface area contributed by atoms with E-state index in [4.69, 9.17) is 21.1 Å². The van der Waals surface area contributed by atoms with Gasteiger partial charge in [0.1, 0.15) is 12.4 Å². The van der Waals surface area contributed by atoms with E-state index >= 15 is 0 Å². The van der Waals surface area contributed by atoms with E-state index in [1.54, 1.807) is 43.3 Å². The Morgan fingerprint density at radius 3 is 2.50 bits per heavy atom. The molecule has 0 saturated carbocycles. The molecule has 1 unspecified atom stereocenters. The van der Waals surface area contributed by atoms with E-state index in [1.165, 1.54) is 12.1 Å². The van der Waals surface area contributed by atoms with Crippen molar-refractivity contribution in [1.29, 1.82) is 0 Å². The van der Waals surface area contributed by atoms with E-state index in [-0.39, 0.29) is 30.4 Å². The summed E-state index contributed by atoms with van der Waals surface area (Å²) in [6, 6.07) is 18.4. The Kier molecular flexibility index (Phi) is 7.99. The number of benzene rings is 2. The minimum atomic E-state index is -0.808. The average Bonchev–Trinajstić information content (AvgIpc) is 2.80. The van der Waals surface area contributed by atoms with Crippen molar-refractivity contribution in [3.63, 3.8) is 0 Å². The molecule has 166 valence electrons. The monoisotopic (exact) mass is 455 g/mol. The Bertz CT molecular complexity index is 1120. The third-order valence-corrected chi connectivity index (χ3v) is 4.72. The van der Waals surface area contributed by atoms with Gasteiger partial charge in [-0.05, 0) is 42.8 Å². The van der Waals surface area contributed by atoms with Crippen LogP contribution in [-0.2, 0) is 16.1 Å². The first-order chi connectivity index (χ1) is 15.4. The van der Waals surface area contributed by atoms with Gasteiger partial charge in [-0.15, -0.1) is 0 Å². The van der Waals surface area contributed by atoms with Crippen molar-refractivity contribution in [1.82, 2.24) is 15.1 Å². The van der Waals surface area contributed by atoms with Crippen LogP contribution in [0.5, 0.6) is 5.75 Å². The van der Waals surface area contributed by atoms with Crippen LogP contribution in [0.25, 0.3) is 0 Å². The number of carbonyl (C=O) groups excluding carboxylic acids is 2. The summed E-state index contributed by atoms with van der Waals surface area (Å²) in [5.74, 6) is -0.614. The smallest absolute Gasteiger partial charge is 0.359 e. The molecule has 0 aliphatic rings. The normalized spacial score (nSPS) is 11.4. The van der Waals surface area contributed by atoms with Crippen LogP contribution in [0.1, 0.15) is 29.0 Å². The minimum Gasteiger partial charge on any atom is -0.492 e. The lowest BCUT2D eigenvalue weighted by molar-refractivity contribution is -0.124. The van der Waals surface area contributed by atoms with E-state index in [0.29, 0.717) is 10.8 Å². The first-order valence-electron chi connectivity index (χ1n) is 9.90. The van der Waals surface area contributed by atoms with E-state index in [2.05, 4.69) is 10.4 Å². The highest BCUT2D eigenvalue weighted by Crippen LogP contribution is 2.15. The number of esters is 1. The van der Waals surface area contributed by atoms with Crippen LogP contribution >= 0.6 is 11.6 Å². The lowest BCUT2D eigenvalue weighted by Gasteiger charge is -2.14. The molecule has 0 radical (unpaired) electrons. The van der Waals surface area contributed by atoms with Crippen LogP contribution in [0.4, 0.5) is 0 Å². The molecule has 0 aliphatic heterocycles. The molecule has 1 amide bonds. The van der Waals surface area contributed by atoms with Gasteiger partial charge < -0.3 is 14.8 Å². The molecule has 2 aromatic carbocycles. The summed E-state index contributed by atoms with van der Waals surface area (Å²) >= 11 is 5.86. The van der Waals surface area contributed by atoms with Crippen molar-refractivity contribution in [2.24, 2.45) is 0 Å². The molecule has 3 rings (SSSR count). The summed E-state index contributed by atoms with van der Waals surface area (Å²) in [6.07, 6.45) is 0. The predicted molar refractivity (Wildman–Crippen MR) is 119 cm³/mol. The molecule has 1 aromatic heterocycles. The second kappa shape index (κ2) is 11.1. The molecular formula is C23H22ClN3O5. The fraction of sp³-hybridized carbons (Fsp3) is 0.217. The van der Waals surface area contributed by atoms with Crippen LogP contribution in [0.3, 0.4) is 0 Å². The topological polar surface area (TPSA) is 99.5 Å². The van der Waals surface area contributed by atoms with Gasteiger partial charge >= 0.3 is 5.97 Å². The quantitative estimate of drug-likeness (QED) is 0.498. The van der Waals surface area contributed by atoms with Crippen LogP contribution in [0.2, 0.25) is 5.02 Å². The SMILES string of the molecule is CC(NC(=O)COC(=O)c1ccc(=O)n(CCOc2ccccc2)n1)c1ccc(Cl)cc1. The fourth-order valence-corrected chi connectivity index (χ4v) is 2.93. The average molecular weight is 456 g/mol. The molecule has 3 aromatic rings. The molecule has 32 heavy (non-hydrogen) atoms. The Morgan fingerprint density at radius 2 is 1.78 bits per heavy atom. The highest BCUT2D eigenvalue weighted by atomic mass is 35.5. The van der Waals surface area contributed by atoms with Crippen LogP contribution in [0.15, 0.2) is 71.5 Å². The van der Waals surface area contributed by atoms with E-state index in [9.17, 15) is 14.4 Å². The zero-order valence-electron chi connectivity index (χ0n) is 17.4. The second-order valence-corrected chi connectivity index (χ2v) is 7.29. The van der Waals surface area contributed by atoms with Gasteiger partial charge in [-0.2, -0.15) is 5.10 Å². The maximum atomic E-state index is 12.3. The van der Waals surface area contributed by atoms with E-state index in [0.717, 1.165) is 10.2 Å². The summed E-state index contributed by atoms with van der Waals surface area (Å²) in [6.45, 7) is 1.67. The molecule has 0 fully saturated rings. The molecule has 1 N–H and O–H groups in total. The third-order valence-electron chi connectivity index (χ3n) is 4.47. The molecule has 0 aliphatic carbocycles. The molecule has 0 saturated heterocycles. The van der Waals surface area contributed by atoms with Crippen LogP contribution in [0, 0.1) is 0 Å². The van der Waals surface area contributed by atoms with E-state index in [1.807, 2.05) is 18.2 Å². The van der Waals surface area contributed by atoms with Crippen molar-refractivity contribution < 1.29 is 19.1 Å². The molecular weight excluding hydrogens is 434 g/mol. The van der Waals surface area contributed by atoms with Crippen molar-refractivity contribution in [3.8, 4) is 5.75 Å². The summed E-state index contributed by atoms with van der Waals surface area (Å²) in [5, 5.41) is 7.34. The van der Waals surface area contributed by atoms with Crippen molar-refractivity contribution in [2.45, 2.75) is 19.5 Å². The number of para-hydroxylation sites is 1. The Labute approximate surface area is 189 Å². The maximum absolute atomic E-state index is 12.3. The fourth-order valence-electron chi connectivity index (χ4n) is 2.81. The number of nitrogens with zero attached hydrogens (tertiary/aromatic N) is 2. The second-order valence-electron chi connectivity index (χ2n) is 6.86. The van der Waals surface area contributed by atoms with Gasteiger partial charge in [0, 0.05) is 11.1 Å². The highest BCUT2D eigenvalue weighted by molar-refractivity contribution is 6.30. The number of nitrogens with one attached hydrogen (secondary N) is 1. The van der Waals surface area contributed by atoms with Gasteiger partial charge in [-0.25, -0.2) is 9.48 Å². The number of rotatable bonds is 9. The zero-order valence-corrected chi connectivity index (χ0v) is 18.1. The highest BCUT2D eigenvalue weighted by Gasteiger charge is 2.15. The van der Waals surface area contributed by atoms with Gasteiger partial charge in [0.2, 0.25) is 0 Å². The first kappa shape index (κ1) is 23.0. The van der Waals surface area contributed by atoms with Crippen LogP contribution < -0.4 is 15.6 Å². The Balaban J connectivity index is 1.51. The number of hydrogen-bond acceptors (Lipinski definition) is 6. The van der Waals surface area contributed by atoms with Gasteiger partial charge in [0.25, 0.3) is 11.5 Å². The standard InChI is InChI=1S/C23H22ClN3O5/c1-16(17-7-9-18(24)10-8-17)25-21(28)15-32-23(30)20-11-12-22(29)27(26-20)13-14-31-19-5-3-2-4-6-19/h2-12,16H,13-15H2,1H3,(H,25,28). The summed E-state index contributed by atoms with van der Waals surface area (Å²) in [7, 11) is 0. The summed E-state index contributed by atoms with van der Waals surface area (Å²) < 4.78 is 11.7. The summed E-state index contributed by atoms with van der Waals surface area (Å²) in [5.41, 5.74) is 0.399. The number of amides is 1. The summed E-state index contributed by atoms with van der Waals surface area (Å²) in [4.78, 5) is 36.4. The molecule has 0 spiro atoms. The Morgan fingerprint density at radius 1 is 1.06 bits per heavy atom. The molecule has 1 heterocycles. The van der Waals surface area contributed by atoms with Gasteiger partial charge in [0.05, 0.1) is 12.6 Å². The van der Waals surface area contributed by atoms with E-state index < -0.39 is 18.5 Å². The number of carbonyl (C=O) groups is 2. The van der Waals surface area contributed by atoms with Crippen molar-refractivity contribution in [3.05, 3.63) is 93.4 Å². The van der Waals surface area contributed by atoms with Gasteiger partial charge in [0.15, 0.2) is 12.3 Å². The lowest BCUT2D eigenvalue weighted by Crippen LogP contribution is -2.32. The largest absolute Gasteiger partial charge is 0.492 e. The molecule has 9 heteroatoms. The predicted octanol–water partition coefficient (Wildman–Crippen LogP) is 3.01. The van der Waals surface area contributed by atoms with Gasteiger partial charge in [-0.1, -0.05) is 41.9 Å². The minimum absolute atomic E-state index is 0.0807. The maximum Gasteiger partial charge on any atom is 0.359 e.